The monoisotopic (exact) mass is 476 g/mol. The van der Waals surface area contributed by atoms with Crippen molar-refractivity contribution in [1.82, 2.24) is 9.55 Å². The molecule has 32 heavy (non-hydrogen) atoms. The van der Waals surface area contributed by atoms with Gasteiger partial charge in [0.05, 0.1) is 34.3 Å². The van der Waals surface area contributed by atoms with E-state index in [9.17, 15) is 18.0 Å². The number of benzene rings is 3. The van der Waals surface area contributed by atoms with E-state index in [4.69, 9.17) is 16.3 Å². The molecule has 1 aromatic heterocycles. The SMILES string of the molecule is COc1ccc(-n2c(SCc3cccc(C(F)(F)F)c3)nc3ccccc3c2=O)cc1Cl. The Morgan fingerprint density at radius 2 is 1.84 bits per heavy atom. The molecule has 0 fully saturated rings. The number of nitrogens with zero attached hydrogens (tertiary/aromatic N) is 2. The molecule has 0 saturated carbocycles. The summed E-state index contributed by atoms with van der Waals surface area (Å²) in [7, 11) is 1.49. The molecule has 9 heteroatoms. The lowest BCUT2D eigenvalue weighted by atomic mass is 10.1. The van der Waals surface area contributed by atoms with Crippen LogP contribution in [-0.4, -0.2) is 16.7 Å². The predicted molar refractivity (Wildman–Crippen MR) is 120 cm³/mol. The number of alkyl halides is 3. The number of rotatable bonds is 5. The van der Waals surface area contributed by atoms with Crippen molar-refractivity contribution in [3.63, 3.8) is 0 Å². The first-order valence-electron chi connectivity index (χ1n) is 9.42. The number of hydrogen-bond donors (Lipinski definition) is 0. The summed E-state index contributed by atoms with van der Waals surface area (Å²) in [4.78, 5) is 17.9. The standard InChI is InChI=1S/C23H16ClF3N2O2S/c1-31-20-10-9-16(12-18(20)24)29-21(30)17-7-2-3-8-19(17)28-22(29)32-13-14-5-4-6-15(11-14)23(25,26)27/h2-12H,13H2,1H3. The molecule has 0 N–H and O–H groups in total. The number of thioether (sulfide) groups is 1. The van der Waals surface area contributed by atoms with Crippen molar-refractivity contribution < 1.29 is 17.9 Å². The third-order valence-corrected chi connectivity index (χ3v) is 6.07. The third-order valence-electron chi connectivity index (χ3n) is 4.76. The normalized spacial score (nSPS) is 11.7. The summed E-state index contributed by atoms with van der Waals surface area (Å²) in [6.45, 7) is 0. The maximum Gasteiger partial charge on any atom is 0.416 e. The summed E-state index contributed by atoms with van der Waals surface area (Å²) in [5, 5.41) is 1.08. The highest BCUT2D eigenvalue weighted by atomic mass is 35.5. The van der Waals surface area contributed by atoms with Crippen LogP contribution in [0.3, 0.4) is 0 Å². The molecule has 0 aliphatic heterocycles. The number of aromatic nitrogens is 2. The fraction of sp³-hybridized carbons (Fsp3) is 0.130. The average molecular weight is 477 g/mol. The van der Waals surface area contributed by atoms with Crippen LogP contribution in [0.25, 0.3) is 16.6 Å². The minimum atomic E-state index is -4.43. The van der Waals surface area contributed by atoms with Crippen LogP contribution in [0.15, 0.2) is 76.7 Å². The lowest BCUT2D eigenvalue weighted by molar-refractivity contribution is -0.137. The highest BCUT2D eigenvalue weighted by molar-refractivity contribution is 7.98. The van der Waals surface area contributed by atoms with Crippen molar-refractivity contribution in [1.29, 1.82) is 0 Å². The molecule has 3 aromatic carbocycles. The molecule has 0 spiro atoms. The van der Waals surface area contributed by atoms with Crippen molar-refractivity contribution in [2.24, 2.45) is 0 Å². The minimum absolute atomic E-state index is 0.193. The van der Waals surface area contributed by atoms with Crippen LogP contribution in [0.4, 0.5) is 13.2 Å². The van der Waals surface area contributed by atoms with Crippen LogP contribution >= 0.6 is 23.4 Å². The van der Waals surface area contributed by atoms with E-state index in [0.717, 1.165) is 12.1 Å². The van der Waals surface area contributed by atoms with Gasteiger partial charge in [0.25, 0.3) is 5.56 Å². The smallest absolute Gasteiger partial charge is 0.416 e. The van der Waals surface area contributed by atoms with E-state index >= 15 is 0 Å². The summed E-state index contributed by atoms with van der Waals surface area (Å²) in [5.41, 5.74) is 0.418. The first-order valence-corrected chi connectivity index (χ1v) is 10.8. The molecular weight excluding hydrogens is 461 g/mol. The van der Waals surface area contributed by atoms with Crippen molar-refractivity contribution in [2.75, 3.05) is 7.11 Å². The van der Waals surface area contributed by atoms with Gasteiger partial charge in [0.1, 0.15) is 5.75 Å². The molecule has 0 bridgehead atoms. The van der Waals surface area contributed by atoms with Gasteiger partial charge in [-0.05, 0) is 42.0 Å². The van der Waals surface area contributed by atoms with E-state index in [-0.39, 0.29) is 11.3 Å². The van der Waals surface area contributed by atoms with Crippen LogP contribution in [-0.2, 0) is 11.9 Å². The van der Waals surface area contributed by atoms with Gasteiger partial charge in [-0.15, -0.1) is 0 Å². The molecule has 0 aliphatic rings. The summed E-state index contributed by atoms with van der Waals surface area (Å²) in [5.74, 6) is 0.647. The Labute approximate surface area is 190 Å². The van der Waals surface area contributed by atoms with E-state index < -0.39 is 11.7 Å². The molecule has 0 radical (unpaired) electrons. The van der Waals surface area contributed by atoms with Crippen LogP contribution in [0.5, 0.6) is 5.75 Å². The Hall–Kier alpha value is -2.97. The fourth-order valence-corrected chi connectivity index (χ4v) is 4.42. The lowest BCUT2D eigenvalue weighted by Crippen LogP contribution is -2.21. The fourth-order valence-electron chi connectivity index (χ4n) is 3.22. The van der Waals surface area contributed by atoms with E-state index in [0.29, 0.717) is 38.1 Å². The maximum absolute atomic E-state index is 13.3. The Balaban J connectivity index is 1.79. The van der Waals surface area contributed by atoms with Gasteiger partial charge in [0.15, 0.2) is 5.16 Å². The van der Waals surface area contributed by atoms with E-state index in [1.165, 1.54) is 29.5 Å². The first-order chi connectivity index (χ1) is 15.3. The molecule has 0 aliphatic carbocycles. The average Bonchev–Trinajstić information content (AvgIpc) is 2.77. The first kappa shape index (κ1) is 22.2. The molecular formula is C23H16ClF3N2O2S. The van der Waals surface area contributed by atoms with Crippen molar-refractivity contribution >= 4 is 34.3 Å². The molecule has 0 unspecified atom stereocenters. The van der Waals surface area contributed by atoms with Gasteiger partial charge in [-0.2, -0.15) is 13.2 Å². The Morgan fingerprint density at radius 3 is 2.56 bits per heavy atom. The zero-order chi connectivity index (χ0) is 22.9. The van der Waals surface area contributed by atoms with Crippen molar-refractivity contribution in [2.45, 2.75) is 17.1 Å². The second-order valence-electron chi connectivity index (χ2n) is 6.86. The molecule has 4 nitrogen and oxygen atoms in total. The quantitative estimate of drug-likeness (QED) is 0.248. The number of para-hydroxylation sites is 1. The van der Waals surface area contributed by atoms with E-state index in [1.807, 2.05) is 0 Å². The Kier molecular flexibility index (Phi) is 6.17. The zero-order valence-electron chi connectivity index (χ0n) is 16.7. The zero-order valence-corrected chi connectivity index (χ0v) is 18.3. The lowest BCUT2D eigenvalue weighted by Gasteiger charge is -2.15. The maximum atomic E-state index is 13.3. The molecule has 4 rings (SSSR count). The van der Waals surface area contributed by atoms with Gasteiger partial charge < -0.3 is 4.74 Å². The number of hydrogen-bond acceptors (Lipinski definition) is 4. The predicted octanol–water partition coefficient (Wildman–Crippen LogP) is 6.36. The van der Waals surface area contributed by atoms with E-state index in [2.05, 4.69) is 4.98 Å². The number of halogens is 4. The molecule has 4 aromatic rings. The molecule has 0 saturated heterocycles. The van der Waals surface area contributed by atoms with Gasteiger partial charge in [0, 0.05) is 5.75 Å². The number of fused-ring (bicyclic) bond motifs is 1. The summed E-state index contributed by atoms with van der Waals surface area (Å²) >= 11 is 7.43. The molecule has 0 amide bonds. The highest BCUT2D eigenvalue weighted by Crippen LogP contribution is 2.32. The van der Waals surface area contributed by atoms with Crippen molar-refractivity contribution in [3.8, 4) is 11.4 Å². The second-order valence-corrected chi connectivity index (χ2v) is 8.21. The Morgan fingerprint density at radius 1 is 1.06 bits per heavy atom. The van der Waals surface area contributed by atoms with Gasteiger partial charge >= 0.3 is 6.18 Å². The van der Waals surface area contributed by atoms with Gasteiger partial charge in [0.2, 0.25) is 0 Å². The number of methoxy groups -OCH3 is 1. The van der Waals surface area contributed by atoms with E-state index in [1.54, 1.807) is 48.5 Å². The minimum Gasteiger partial charge on any atom is -0.495 e. The molecule has 0 atom stereocenters. The third kappa shape index (κ3) is 4.47. The largest absolute Gasteiger partial charge is 0.495 e. The summed E-state index contributed by atoms with van der Waals surface area (Å²) < 4.78 is 45.8. The summed E-state index contributed by atoms with van der Waals surface area (Å²) in [6.07, 6.45) is -4.43. The van der Waals surface area contributed by atoms with Crippen molar-refractivity contribution in [3.05, 3.63) is 93.2 Å². The van der Waals surface area contributed by atoms with Crippen LogP contribution in [0.2, 0.25) is 5.02 Å². The highest BCUT2D eigenvalue weighted by Gasteiger charge is 2.30. The number of ether oxygens (including phenoxy) is 1. The Bertz CT molecular complexity index is 1360. The van der Waals surface area contributed by atoms with Crippen LogP contribution in [0, 0.1) is 0 Å². The molecule has 1 heterocycles. The molecule has 164 valence electrons. The van der Waals surface area contributed by atoms with Gasteiger partial charge in [-0.1, -0.05) is 53.7 Å². The van der Waals surface area contributed by atoms with Gasteiger partial charge in [-0.25, -0.2) is 4.98 Å². The van der Waals surface area contributed by atoms with Gasteiger partial charge in [-0.3, -0.25) is 9.36 Å². The topological polar surface area (TPSA) is 44.1 Å². The van der Waals surface area contributed by atoms with Crippen LogP contribution in [0.1, 0.15) is 11.1 Å². The van der Waals surface area contributed by atoms with Crippen LogP contribution < -0.4 is 10.3 Å². The second kappa shape index (κ2) is 8.88. The summed E-state index contributed by atoms with van der Waals surface area (Å²) in [6, 6.07) is 16.9.